The Morgan fingerprint density at radius 2 is 1.24 bits per heavy atom. The minimum absolute atomic E-state index is 1.12. The zero-order valence-corrected chi connectivity index (χ0v) is 12.4. The smallest absolute Gasteiger partial charge is 0.0146 e. The number of hydrogen-bond acceptors (Lipinski definition) is 0. The summed E-state index contributed by atoms with van der Waals surface area (Å²) >= 11 is 0. The van der Waals surface area contributed by atoms with Crippen molar-refractivity contribution in [3.05, 3.63) is 84.4 Å². The fraction of sp³-hybridized carbons (Fsp3) is 0.143. The van der Waals surface area contributed by atoms with Crippen LogP contribution in [0.25, 0.3) is 22.3 Å². The summed E-state index contributed by atoms with van der Waals surface area (Å²) in [6, 6.07) is 28.1. The molecule has 0 radical (unpaired) electrons. The molecule has 0 N–H and O–H groups in total. The summed E-state index contributed by atoms with van der Waals surface area (Å²) in [6.45, 7) is 2.24. The first-order chi connectivity index (χ1) is 10.4. The van der Waals surface area contributed by atoms with Gasteiger partial charge in [0.1, 0.15) is 0 Å². The van der Waals surface area contributed by atoms with E-state index in [1.807, 2.05) is 0 Å². The van der Waals surface area contributed by atoms with Gasteiger partial charge in [0.25, 0.3) is 0 Å². The third kappa shape index (κ3) is 3.05. The topological polar surface area (TPSA) is 0 Å². The van der Waals surface area contributed by atoms with Gasteiger partial charge in [-0.15, -0.1) is 0 Å². The van der Waals surface area contributed by atoms with Gasteiger partial charge in [-0.1, -0.05) is 86.1 Å². The Bertz CT molecular complexity index is 697. The van der Waals surface area contributed by atoms with Crippen LogP contribution in [0.3, 0.4) is 0 Å². The first kappa shape index (κ1) is 13.6. The first-order valence-electron chi connectivity index (χ1n) is 7.62. The molecule has 0 aliphatic heterocycles. The van der Waals surface area contributed by atoms with Gasteiger partial charge >= 0.3 is 0 Å². The van der Waals surface area contributed by atoms with Crippen LogP contribution in [0.5, 0.6) is 0 Å². The summed E-state index contributed by atoms with van der Waals surface area (Å²) in [6.07, 6.45) is 2.30. The van der Waals surface area contributed by atoms with Crippen molar-refractivity contribution >= 4 is 0 Å². The van der Waals surface area contributed by atoms with E-state index in [9.17, 15) is 0 Å². The molecule has 3 aromatic carbocycles. The van der Waals surface area contributed by atoms with E-state index in [1.54, 1.807) is 0 Å². The van der Waals surface area contributed by atoms with Gasteiger partial charge in [-0.3, -0.25) is 0 Å². The lowest BCUT2D eigenvalue weighted by atomic mass is 9.93. The second-order valence-electron chi connectivity index (χ2n) is 5.35. The third-order valence-electron chi connectivity index (χ3n) is 3.82. The highest BCUT2D eigenvalue weighted by Gasteiger charge is 2.07. The highest BCUT2D eigenvalue weighted by molar-refractivity contribution is 5.75. The molecule has 0 unspecified atom stereocenters. The molecule has 0 aliphatic carbocycles. The van der Waals surface area contributed by atoms with Crippen LogP contribution >= 0.6 is 0 Å². The van der Waals surface area contributed by atoms with Gasteiger partial charge in [0.2, 0.25) is 0 Å². The minimum Gasteiger partial charge on any atom is -0.0651 e. The molecule has 21 heavy (non-hydrogen) atoms. The minimum atomic E-state index is 1.12. The number of hydrogen-bond donors (Lipinski definition) is 0. The first-order valence-corrected chi connectivity index (χ1v) is 7.62. The van der Waals surface area contributed by atoms with E-state index in [0.717, 1.165) is 6.42 Å². The summed E-state index contributed by atoms with van der Waals surface area (Å²) < 4.78 is 0. The van der Waals surface area contributed by atoms with Crippen molar-refractivity contribution < 1.29 is 0 Å². The van der Waals surface area contributed by atoms with Crippen LogP contribution in [-0.2, 0) is 6.42 Å². The van der Waals surface area contributed by atoms with Gasteiger partial charge in [0.05, 0.1) is 0 Å². The highest BCUT2D eigenvalue weighted by Crippen LogP contribution is 2.30. The molecule has 0 bridgehead atoms. The van der Waals surface area contributed by atoms with Crippen molar-refractivity contribution in [3.63, 3.8) is 0 Å². The van der Waals surface area contributed by atoms with Gasteiger partial charge in [0, 0.05) is 0 Å². The molecule has 0 aromatic heterocycles. The summed E-state index contributed by atoms with van der Waals surface area (Å²) in [4.78, 5) is 0. The average molecular weight is 272 g/mol. The Labute approximate surface area is 127 Å². The Hall–Kier alpha value is -2.34. The average Bonchev–Trinajstić information content (AvgIpc) is 2.57. The molecule has 3 aromatic rings. The van der Waals surface area contributed by atoms with Crippen molar-refractivity contribution in [2.45, 2.75) is 19.8 Å². The molecule has 0 fully saturated rings. The fourth-order valence-electron chi connectivity index (χ4n) is 2.76. The van der Waals surface area contributed by atoms with E-state index in [1.165, 1.54) is 34.2 Å². The van der Waals surface area contributed by atoms with Crippen LogP contribution in [0.2, 0.25) is 0 Å². The summed E-state index contributed by atoms with van der Waals surface area (Å²) in [5.41, 5.74) is 6.66. The van der Waals surface area contributed by atoms with Crippen molar-refractivity contribution in [1.29, 1.82) is 0 Å². The number of aryl methyl sites for hydroxylation is 1. The molecule has 0 heterocycles. The second-order valence-corrected chi connectivity index (χ2v) is 5.35. The maximum Gasteiger partial charge on any atom is -0.0146 e. The van der Waals surface area contributed by atoms with Crippen molar-refractivity contribution in [2.75, 3.05) is 0 Å². The third-order valence-corrected chi connectivity index (χ3v) is 3.82. The van der Waals surface area contributed by atoms with E-state index >= 15 is 0 Å². The quantitative estimate of drug-likeness (QED) is 0.548. The largest absolute Gasteiger partial charge is 0.0651 e. The number of rotatable bonds is 4. The second kappa shape index (κ2) is 6.41. The van der Waals surface area contributed by atoms with E-state index in [0.29, 0.717) is 0 Å². The lowest BCUT2D eigenvalue weighted by Crippen LogP contribution is -1.91. The monoisotopic (exact) mass is 272 g/mol. The fourth-order valence-corrected chi connectivity index (χ4v) is 2.76. The van der Waals surface area contributed by atoms with Crippen LogP contribution < -0.4 is 0 Å². The molecule has 0 saturated heterocycles. The Morgan fingerprint density at radius 1 is 0.619 bits per heavy atom. The van der Waals surface area contributed by atoms with Crippen LogP contribution in [0.4, 0.5) is 0 Å². The molecular weight excluding hydrogens is 252 g/mol. The van der Waals surface area contributed by atoms with Crippen molar-refractivity contribution in [3.8, 4) is 22.3 Å². The van der Waals surface area contributed by atoms with E-state index in [4.69, 9.17) is 0 Å². The Morgan fingerprint density at radius 3 is 1.86 bits per heavy atom. The van der Waals surface area contributed by atoms with Gasteiger partial charge in [-0.25, -0.2) is 0 Å². The van der Waals surface area contributed by atoms with Crippen molar-refractivity contribution in [2.24, 2.45) is 0 Å². The van der Waals surface area contributed by atoms with E-state index < -0.39 is 0 Å². The predicted octanol–water partition coefficient (Wildman–Crippen LogP) is 5.97. The molecule has 0 saturated carbocycles. The van der Waals surface area contributed by atoms with Gasteiger partial charge in [0.15, 0.2) is 0 Å². The predicted molar refractivity (Wildman–Crippen MR) is 91.3 cm³/mol. The van der Waals surface area contributed by atoms with Gasteiger partial charge < -0.3 is 0 Å². The summed E-state index contributed by atoms with van der Waals surface area (Å²) in [5.74, 6) is 0. The summed E-state index contributed by atoms with van der Waals surface area (Å²) in [5, 5.41) is 0. The van der Waals surface area contributed by atoms with Crippen LogP contribution in [0, 0.1) is 0 Å². The van der Waals surface area contributed by atoms with E-state index in [-0.39, 0.29) is 0 Å². The molecule has 104 valence electrons. The van der Waals surface area contributed by atoms with Crippen molar-refractivity contribution in [1.82, 2.24) is 0 Å². The standard InChI is InChI=1S/C21H20/c1-2-9-18-14-15-20(17-10-5-3-6-11-17)16-21(18)19-12-7-4-8-13-19/h3-8,10-16H,2,9H2,1H3. The highest BCUT2D eigenvalue weighted by atomic mass is 14.1. The molecule has 0 heteroatoms. The molecule has 0 amide bonds. The Balaban J connectivity index is 2.11. The normalized spacial score (nSPS) is 10.5. The molecule has 0 spiro atoms. The maximum absolute atomic E-state index is 2.33. The molecule has 0 nitrogen and oxygen atoms in total. The van der Waals surface area contributed by atoms with Crippen LogP contribution in [0.15, 0.2) is 78.9 Å². The summed E-state index contributed by atoms with van der Waals surface area (Å²) in [7, 11) is 0. The van der Waals surface area contributed by atoms with Gasteiger partial charge in [-0.2, -0.15) is 0 Å². The van der Waals surface area contributed by atoms with Gasteiger partial charge in [-0.05, 0) is 40.3 Å². The molecular formula is C21H20. The Kier molecular flexibility index (Phi) is 4.16. The maximum atomic E-state index is 2.33. The zero-order valence-electron chi connectivity index (χ0n) is 12.4. The van der Waals surface area contributed by atoms with E-state index in [2.05, 4.69) is 85.8 Å². The number of benzene rings is 3. The lowest BCUT2D eigenvalue weighted by Gasteiger charge is -2.12. The molecule has 0 atom stereocenters. The lowest BCUT2D eigenvalue weighted by molar-refractivity contribution is 0.924. The molecule has 3 rings (SSSR count). The van der Waals surface area contributed by atoms with Crippen LogP contribution in [0.1, 0.15) is 18.9 Å². The zero-order chi connectivity index (χ0) is 14.5. The van der Waals surface area contributed by atoms with Crippen LogP contribution in [-0.4, -0.2) is 0 Å². The molecule has 0 aliphatic rings. The SMILES string of the molecule is CCCc1ccc(-c2ccccc2)cc1-c1ccccc1.